The molecule has 224 valence electrons. The van der Waals surface area contributed by atoms with E-state index in [1.807, 2.05) is 20.0 Å². The molecule has 0 aliphatic carbocycles. The average Bonchev–Trinajstić information content (AvgIpc) is 2.94. The molecule has 1 aliphatic rings. The lowest BCUT2D eigenvalue weighted by atomic mass is 9.98. The van der Waals surface area contributed by atoms with Crippen LogP contribution in [-0.2, 0) is 5.92 Å². The van der Waals surface area contributed by atoms with E-state index in [9.17, 15) is 26.7 Å². The third kappa shape index (κ3) is 7.14. The first kappa shape index (κ1) is 30.7. The first-order chi connectivity index (χ1) is 19.9. The van der Waals surface area contributed by atoms with Crippen LogP contribution in [0.15, 0.2) is 59.8 Å². The summed E-state index contributed by atoms with van der Waals surface area (Å²) in [6, 6.07) is 11.0. The highest BCUT2D eigenvalue weighted by atomic mass is 19.4. The van der Waals surface area contributed by atoms with Crippen LogP contribution >= 0.6 is 0 Å². The Morgan fingerprint density at radius 1 is 1.10 bits per heavy atom. The summed E-state index contributed by atoms with van der Waals surface area (Å²) in [6.07, 6.45) is -2.91. The third-order valence-electron chi connectivity index (χ3n) is 7.00. The van der Waals surface area contributed by atoms with E-state index in [-0.39, 0.29) is 29.6 Å². The van der Waals surface area contributed by atoms with Crippen molar-refractivity contribution in [2.75, 3.05) is 42.8 Å². The van der Waals surface area contributed by atoms with Gasteiger partial charge in [0, 0.05) is 30.4 Å². The number of carbonyl (C=O) groups is 1. The summed E-state index contributed by atoms with van der Waals surface area (Å²) >= 11 is 0. The monoisotopic (exact) mass is 590 g/mol. The van der Waals surface area contributed by atoms with Crippen molar-refractivity contribution in [1.29, 1.82) is 0 Å². The van der Waals surface area contributed by atoms with Gasteiger partial charge in [-0.1, -0.05) is 6.07 Å². The Bertz CT molecular complexity index is 1420. The minimum absolute atomic E-state index is 0.00409. The Labute approximate surface area is 240 Å². The summed E-state index contributed by atoms with van der Waals surface area (Å²) in [5.41, 5.74) is 3.71. The molecule has 1 aromatic heterocycles. The molecule has 13 heteroatoms. The van der Waals surface area contributed by atoms with Gasteiger partial charge in [0.25, 0.3) is 5.91 Å². The predicted molar refractivity (Wildman–Crippen MR) is 152 cm³/mol. The zero-order valence-electron chi connectivity index (χ0n) is 23.1. The molecule has 8 nitrogen and oxygen atoms in total. The fourth-order valence-electron chi connectivity index (χ4n) is 4.50. The van der Waals surface area contributed by atoms with Gasteiger partial charge in [-0.05, 0) is 87.8 Å². The molecular weight excluding hydrogens is 559 g/mol. The molecule has 1 amide bonds. The topological polar surface area (TPSA) is 90.9 Å². The van der Waals surface area contributed by atoms with Gasteiger partial charge in [-0.2, -0.15) is 27.1 Å². The molecule has 4 rings (SSSR count). The van der Waals surface area contributed by atoms with Crippen molar-refractivity contribution in [3.05, 3.63) is 71.4 Å². The van der Waals surface area contributed by atoms with Gasteiger partial charge in [-0.25, -0.2) is 4.98 Å². The zero-order valence-corrected chi connectivity index (χ0v) is 23.1. The maximum Gasteiger partial charge on any atom is 0.458 e. The number of rotatable bonds is 10. The smallest absolute Gasteiger partial charge is 0.458 e. The summed E-state index contributed by atoms with van der Waals surface area (Å²) in [5.74, 6) is -6.28. The Hall–Kier alpha value is -4.26. The summed E-state index contributed by atoms with van der Waals surface area (Å²) in [5, 5.41) is 9.28. The predicted octanol–water partition coefficient (Wildman–Crippen LogP) is 6.79. The van der Waals surface area contributed by atoms with Crippen LogP contribution in [0.3, 0.4) is 0 Å². The zero-order chi connectivity index (χ0) is 30.5. The molecule has 0 radical (unpaired) electrons. The van der Waals surface area contributed by atoms with Crippen LogP contribution in [0.1, 0.15) is 34.3 Å². The summed E-state index contributed by atoms with van der Waals surface area (Å²) < 4.78 is 74.3. The van der Waals surface area contributed by atoms with Crippen LogP contribution in [0.2, 0.25) is 0 Å². The van der Waals surface area contributed by atoms with Crippen molar-refractivity contribution in [1.82, 2.24) is 9.88 Å². The van der Waals surface area contributed by atoms with Gasteiger partial charge in [0.1, 0.15) is 11.6 Å². The molecule has 1 fully saturated rings. The van der Waals surface area contributed by atoms with Crippen LogP contribution in [0, 0.1) is 12.8 Å². The van der Waals surface area contributed by atoms with Gasteiger partial charge in [0.05, 0.1) is 23.4 Å². The molecule has 0 unspecified atom stereocenters. The number of benzene rings is 2. The Balaban J connectivity index is 1.58. The first-order valence-electron chi connectivity index (χ1n) is 13.1. The van der Waals surface area contributed by atoms with Crippen LogP contribution in [0.25, 0.3) is 0 Å². The second-order valence-electron chi connectivity index (χ2n) is 10.1. The molecule has 1 aliphatic heterocycles. The minimum atomic E-state index is -5.83. The lowest BCUT2D eigenvalue weighted by Crippen LogP contribution is -2.35. The highest BCUT2D eigenvalue weighted by Gasteiger charge is 2.60. The summed E-state index contributed by atoms with van der Waals surface area (Å²) in [7, 11) is 1.95. The number of nitrogens with one attached hydrogen (secondary N) is 3. The largest absolute Gasteiger partial charge is 0.493 e. The van der Waals surface area contributed by atoms with Crippen LogP contribution in [0.5, 0.6) is 5.75 Å². The lowest BCUT2D eigenvalue weighted by molar-refractivity contribution is -0.289. The first-order valence-corrected chi connectivity index (χ1v) is 13.1. The molecule has 1 saturated heterocycles. The van der Waals surface area contributed by atoms with E-state index in [2.05, 4.69) is 37.8 Å². The number of ether oxygens (including phenoxy) is 1. The molecule has 0 spiro atoms. The number of piperidine rings is 1. The van der Waals surface area contributed by atoms with Gasteiger partial charge in [0.2, 0.25) is 0 Å². The van der Waals surface area contributed by atoms with Gasteiger partial charge in [0.15, 0.2) is 0 Å². The maximum absolute atomic E-state index is 14.4. The van der Waals surface area contributed by atoms with Gasteiger partial charge >= 0.3 is 12.1 Å². The highest BCUT2D eigenvalue weighted by molar-refractivity contribution is 6.08. The number of alkyl halides is 5. The summed E-state index contributed by atoms with van der Waals surface area (Å²) in [4.78, 5) is 19.6. The van der Waals surface area contributed by atoms with Crippen LogP contribution in [-0.4, -0.2) is 55.4 Å². The fraction of sp³-hybridized carbons (Fsp3) is 0.345. The third-order valence-corrected chi connectivity index (χ3v) is 7.00. The van der Waals surface area contributed by atoms with Gasteiger partial charge < -0.3 is 20.3 Å². The number of hydrogen-bond acceptors (Lipinski definition) is 7. The van der Waals surface area contributed by atoms with Crippen molar-refractivity contribution in [2.24, 2.45) is 11.0 Å². The van der Waals surface area contributed by atoms with E-state index in [0.29, 0.717) is 17.4 Å². The fourth-order valence-corrected chi connectivity index (χ4v) is 4.50. The number of halogens is 5. The SMILES string of the molecule is C=NNc1cc(Nc2ncccc2C(=O)Nc2ccc(C(F)(F)C(F)(F)F)c(OCC3CCN(C)CC3)c2)ccc1C. The molecule has 0 saturated carbocycles. The number of aryl methyl sites for hydroxylation is 1. The number of nitrogens with zero attached hydrogens (tertiary/aromatic N) is 3. The Kier molecular flexibility index (Phi) is 9.30. The number of amides is 1. The molecule has 3 aromatic rings. The van der Waals surface area contributed by atoms with E-state index in [1.54, 1.807) is 12.1 Å². The number of hydrazone groups is 1. The van der Waals surface area contributed by atoms with E-state index in [4.69, 9.17) is 4.74 Å². The number of aromatic nitrogens is 1. The molecule has 0 atom stereocenters. The molecule has 2 heterocycles. The van der Waals surface area contributed by atoms with Crippen molar-refractivity contribution in [2.45, 2.75) is 31.9 Å². The van der Waals surface area contributed by atoms with E-state index < -0.39 is 29.3 Å². The van der Waals surface area contributed by atoms with Crippen LogP contribution in [0.4, 0.5) is 44.8 Å². The average molecular weight is 591 g/mol. The van der Waals surface area contributed by atoms with Gasteiger partial charge in [-0.3, -0.25) is 10.2 Å². The number of hydrogen-bond donors (Lipinski definition) is 3. The molecule has 0 bridgehead atoms. The van der Waals surface area contributed by atoms with E-state index >= 15 is 0 Å². The second-order valence-corrected chi connectivity index (χ2v) is 10.1. The number of carbonyl (C=O) groups excluding carboxylic acids is 1. The van der Waals surface area contributed by atoms with Crippen molar-refractivity contribution < 1.29 is 31.5 Å². The number of likely N-dealkylation sites (tertiary alicyclic amines) is 1. The molecule has 2 aromatic carbocycles. The van der Waals surface area contributed by atoms with Crippen molar-refractivity contribution in [3.63, 3.8) is 0 Å². The van der Waals surface area contributed by atoms with Crippen LogP contribution < -0.4 is 20.8 Å². The number of pyridine rings is 1. The highest BCUT2D eigenvalue weighted by Crippen LogP contribution is 2.48. The standard InChI is InChI=1S/C29H31F5N6O2/c1-18-6-7-20(15-24(18)39-35-2)37-26-22(5-4-12-36-26)27(41)38-21-8-9-23(28(30,31)29(32,33)34)25(16-21)42-17-19-10-13-40(3)14-11-19/h4-9,12,15-16,19,39H,2,10-11,13-14,17H2,1,3H3,(H,36,37)(H,38,41). The lowest BCUT2D eigenvalue weighted by Gasteiger charge is -2.29. The Morgan fingerprint density at radius 3 is 2.50 bits per heavy atom. The van der Waals surface area contributed by atoms with E-state index in [1.165, 1.54) is 18.3 Å². The van der Waals surface area contributed by atoms with Crippen molar-refractivity contribution in [3.8, 4) is 5.75 Å². The summed E-state index contributed by atoms with van der Waals surface area (Å²) in [6.45, 7) is 6.78. The number of anilines is 4. The molecule has 42 heavy (non-hydrogen) atoms. The van der Waals surface area contributed by atoms with Gasteiger partial charge in [-0.15, -0.1) is 0 Å². The van der Waals surface area contributed by atoms with Crippen molar-refractivity contribution >= 4 is 35.5 Å². The second kappa shape index (κ2) is 12.7. The molecule has 3 N–H and O–H groups in total. The normalized spacial score (nSPS) is 14.7. The minimum Gasteiger partial charge on any atom is -0.493 e. The molecular formula is C29H31F5N6O2. The quantitative estimate of drug-likeness (QED) is 0.137. The Morgan fingerprint density at radius 2 is 1.81 bits per heavy atom. The maximum atomic E-state index is 14.4. The van der Waals surface area contributed by atoms with E-state index in [0.717, 1.165) is 43.6 Å².